The first-order valence-corrected chi connectivity index (χ1v) is 6.13. The summed E-state index contributed by atoms with van der Waals surface area (Å²) in [5.41, 5.74) is 6.14. The molecule has 0 saturated carbocycles. The van der Waals surface area contributed by atoms with Gasteiger partial charge in [-0.15, -0.1) is 0 Å². The Hall–Kier alpha value is -2.04. The number of carboxylic acid groups (broad SMARTS) is 1. The first kappa shape index (κ1) is 15.0. The number of carbonyl (C=O) groups excluding carboxylic acids is 1. The van der Waals surface area contributed by atoms with Gasteiger partial charge in [-0.05, 0) is 39.8 Å². The minimum absolute atomic E-state index is 0.297. The predicted octanol–water partition coefficient (Wildman–Crippen LogP) is 1.90. The highest BCUT2D eigenvalue weighted by Crippen LogP contribution is 2.22. The highest BCUT2D eigenvalue weighted by molar-refractivity contribution is 6.01. The molecule has 0 atom stereocenters. The summed E-state index contributed by atoms with van der Waals surface area (Å²) < 4.78 is 0. The van der Waals surface area contributed by atoms with E-state index in [0.29, 0.717) is 17.8 Å². The van der Waals surface area contributed by atoms with Gasteiger partial charge in [-0.3, -0.25) is 4.79 Å². The van der Waals surface area contributed by atoms with Crippen molar-refractivity contribution in [2.45, 2.75) is 33.2 Å². The topological polar surface area (TPSA) is 83.6 Å². The number of rotatable bonds is 4. The van der Waals surface area contributed by atoms with Gasteiger partial charge in [-0.25, -0.2) is 4.79 Å². The fourth-order valence-electron chi connectivity index (χ4n) is 1.91. The lowest BCUT2D eigenvalue weighted by Crippen LogP contribution is -2.53. The number of benzene rings is 1. The maximum atomic E-state index is 12.5. The van der Waals surface area contributed by atoms with Gasteiger partial charge in [0.2, 0.25) is 0 Å². The second kappa shape index (κ2) is 5.30. The minimum Gasteiger partial charge on any atom is -0.480 e. The van der Waals surface area contributed by atoms with Crippen LogP contribution in [0.4, 0.5) is 5.69 Å². The molecule has 1 aromatic carbocycles. The number of nitrogens with zero attached hydrogens (tertiary/aromatic N) is 1. The summed E-state index contributed by atoms with van der Waals surface area (Å²) in [6, 6.07) is 5.15. The van der Waals surface area contributed by atoms with Gasteiger partial charge in [0.05, 0.1) is 5.56 Å². The van der Waals surface area contributed by atoms with Crippen molar-refractivity contribution in [1.29, 1.82) is 0 Å². The molecule has 3 N–H and O–H groups in total. The second-order valence-electron chi connectivity index (χ2n) is 5.00. The van der Waals surface area contributed by atoms with Crippen LogP contribution in [0, 0.1) is 6.92 Å². The number of hydrogen-bond donors (Lipinski definition) is 2. The Bertz CT molecular complexity index is 509. The summed E-state index contributed by atoms with van der Waals surface area (Å²) in [5.74, 6) is -1.41. The number of anilines is 1. The van der Waals surface area contributed by atoms with E-state index in [9.17, 15) is 14.7 Å². The summed E-state index contributed by atoms with van der Waals surface area (Å²) in [5, 5.41) is 9.24. The van der Waals surface area contributed by atoms with Gasteiger partial charge in [-0.2, -0.15) is 0 Å². The second-order valence-corrected chi connectivity index (χ2v) is 5.00. The van der Waals surface area contributed by atoms with Crippen LogP contribution in [0.25, 0.3) is 0 Å². The van der Waals surface area contributed by atoms with E-state index in [0.717, 1.165) is 5.56 Å². The molecule has 19 heavy (non-hydrogen) atoms. The van der Waals surface area contributed by atoms with Crippen LogP contribution in [-0.4, -0.2) is 34.0 Å². The summed E-state index contributed by atoms with van der Waals surface area (Å²) in [6.07, 6.45) is 0. The molecule has 1 amide bonds. The third kappa shape index (κ3) is 2.86. The van der Waals surface area contributed by atoms with Crippen molar-refractivity contribution >= 4 is 17.6 Å². The van der Waals surface area contributed by atoms with Gasteiger partial charge in [-0.1, -0.05) is 11.6 Å². The molecule has 104 valence electrons. The molecule has 0 bridgehead atoms. The van der Waals surface area contributed by atoms with Crippen molar-refractivity contribution < 1.29 is 14.7 Å². The maximum Gasteiger partial charge on any atom is 0.329 e. The van der Waals surface area contributed by atoms with E-state index >= 15 is 0 Å². The molecule has 1 aromatic rings. The van der Waals surface area contributed by atoms with Crippen LogP contribution in [0.1, 0.15) is 36.7 Å². The van der Waals surface area contributed by atoms with E-state index in [1.165, 1.54) is 18.7 Å². The van der Waals surface area contributed by atoms with E-state index in [1.807, 2.05) is 13.0 Å². The fraction of sp³-hybridized carbons (Fsp3) is 0.429. The highest BCUT2D eigenvalue weighted by Gasteiger charge is 2.37. The number of carboxylic acids is 1. The molecule has 0 heterocycles. The molecule has 0 aliphatic carbocycles. The Morgan fingerprint density at radius 1 is 1.37 bits per heavy atom. The molecule has 0 unspecified atom stereocenters. The Morgan fingerprint density at radius 2 is 1.95 bits per heavy atom. The SMILES string of the molecule is CCN(C(=O)c1cc(C)ccc1N)C(C)(C)C(=O)O. The number of amides is 1. The highest BCUT2D eigenvalue weighted by atomic mass is 16.4. The number of hydrogen-bond acceptors (Lipinski definition) is 3. The molecule has 5 heteroatoms. The smallest absolute Gasteiger partial charge is 0.329 e. The van der Waals surface area contributed by atoms with Gasteiger partial charge in [0.25, 0.3) is 5.91 Å². The molecule has 0 aliphatic heterocycles. The summed E-state index contributed by atoms with van der Waals surface area (Å²) >= 11 is 0. The lowest BCUT2D eigenvalue weighted by atomic mass is 10.00. The van der Waals surface area contributed by atoms with Gasteiger partial charge in [0.15, 0.2) is 0 Å². The summed E-state index contributed by atoms with van der Waals surface area (Å²) in [7, 11) is 0. The normalized spacial score (nSPS) is 11.2. The average molecular weight is 264 g/mol. The minimum atomic E-state index is -1.28. The molecule has 0 fully saturated rings. The lowest BCUT2D eigenvalue weighted by molar-refractivity contribution is -0.147. The van der Waals surface area contributed by atoms with Crippen molar-refractivity contribution in [3.63, 3.8) is 0 Å². The van der Waals surface area contributed by atoms with Crippen molar-refractivity contribution in [1.82, 2.24) is 4.90 Å². The zero-order valence-corrected chi connectivity index (χ0v) is 11.7. The third-order valence-electron chi connectivity index (χ3n) is 3.20. The zero-order chi connectivity index (χ0) is 14.8. The van der Waals surface area contributed by atoms with Crippen molar-refractivity contribution in [3.05, 3.63) is 29.3 Å². The van der Waals surface area contributed by atoms with Crippen LogP contribution in [0.2, 0.25) is 0 Å². The zero-order valence-electron chi connectivity index (χ0n) is 11.7. The van der Waals surface area contributed by atoms with Crippen LogP contribution in [-0.2, 0) is 4.79 Å². The van der Waals surface area contributed by atoms with E-state index in [-0.39, 0.29) is 5.91 Å². The number of carbonyl (C=O) groups is 2. The molecule has 0 saturated heterocycles. The number of nitrogen functional groups attached to an aromatic ring is 1. The molecule has 0 spiro atoms. The first-order chi connectivity index (χ1) is 8.71. The fourth-order valence-corrected chi connectivity index (χ4v) is 1.91. The number of aliphatic carboxylic acids is 1. The van der Waals surface area contributed by atoms with Gasteiger partial charge in [0, 0.05) is 12.2 Å². The van der Waals surface area contributed by atoms with Crippen LogP contribution in [0.15, 0.2) is 18.2 Å². The van der Waals surface area contributed by atoms with E-state index in [1.54, 1.807) is 19.1 Å². The molecule has 0 radical (unpaired) electrons. The standard InChI is InChI=1S/C14H20N2O3/c1-5-16(14(3,4)13(18)19)12(17)10-8-9(2)6-7-11(10)15/h6-8H,5,15H2,1-4H3,(H,18,19). The molecular weight excluding hydrogens is 244 g/mol. The van der Waals surface area contributed by atoms with E-state index in [2.05, 4.69) is 0 Å². The molecular formula is C14H20N2O3. The van der Waals surface area contributed by atoms with Crippen molar-refractivity contribution in [2.24, 2.45) is 0 Å². The van der Waals surface area contributed by atoms with E-state index in [4.69, 9.17) is 5.73 Å². The van der Waals surface area contributed by atoms with Crippen LogP contribution >= 0.6 is 0 Å². The van der Waals surface area contributed by atoms with Crippen molar-refractivity contribution in [3.8, 4) is 0 Å². The Morgan fingerprint density at radius 3 is 2.42 bits per heavy atom. The maximum absolute atomic E-state index is 12.5. The van der Waals surface area contributed by atoms with Crippen LogP contribution < -0.4 is 5.73 Å². The van der Waals surface area contributed by atoms with Crippen molar-refractivity contribution in [2.75, 3.05) is 12.3 Å². The Balaban J connectivity index is 3.23. The van der Waals surface area contributed by atoms with Gasteiger partial charge >= 0.3 is 5.97 Å². The lowest BCUT2D eigenvalue weighted by Gasteiger charge is -2.34. The number of likely N-dealkylation sites (N-methyl/N-ethyl adjacent to an activating group) is 1. The summed E-state index contributed by atoms with van der Waals surface area (Å²) in [4.78, 5) is 25.1. The monoisotopic (exact) mass is 264 g/mol. The van der Waals surface area contributed by atoms with E-state index < -0.39 is 11.5 Å². The Labute approximate surface area is 113 Å². The molecule has 5 nitrogen and oxygen atoms in total. The van der Waals surface area contributed by atoms with Crippen LogP contribution in [0.3, 0.4) is 0 Å². The van der Waals surface area contributed by atoms with Gasteiger partial charge < -0.3 is 15.7 Å². The van der Waals surface area contributed by atoms with Crippen LogP contribution in [0.5, 0.6) is 0 Å². The molecule has 0 aliphatic rings. The number of aryl methyl sites for hydroxylation is 1. The quantitative estimate of drug-likeness (QED) is 0.813. The summed E-state index contributed by atoms with van der Waals surface area (Å²) in [6.45, 7) is 6.90. The third-order valence-corrected chi connectivity index (χ3v) is 3.20. The largest absolute Gasteiger partial charge is 0.480 e. The molecule has 0 aromatic heterocycles. The number of nitrogens with two attached hydrogens (primary N) is 1. The Kier molecular flexibility index (Phi) is 4.19. The van der Waals surface area contributed by atoms with Gasteiger partial charge in [0.1, 0.15) is 5.54 Å². The molecule has 1 rings (SSSR count). The average Bonchev–Trinajstić information content (AvgIpc) is 2.32. The first-order valence-electron chi connectivity index (χ1n) is 6.13. The predicted molar refractivity (Wildman–Crippen MR) is 74.0 cm³/mol.